The highest BCUT2D eigenvalue weighted by Gasteiger charge is 2.20. The van der Waals surface area contributed by atoms with E-state index in [0.717, 1.165) is 37.1 Å². The zero-order valence-corrected chi connectivity index (χ0v) is 19.2. The normalized spacial score (nSPS) is 11.8. The Morgan fingerprint density at radius 1 is 1.00 bits per heavy atom. The fourth-order valence-electron chi connectivity index (χ4n) is 3.25. The number of benzene rings is 1. The van der Waals surface area contributed by atoms with E-state index in [9.17, 15) is 14.4 Å². The number of rotatable bonds is 13. The van der Waals surface area contributed by atoms with E-state index in [1.807, 2.05) is 36.1 Å². The number of ether oxygens (including phenoxy) is 1. The summed E-state index contributed by atoms with van der Waals surface area (Å²) in [6.45, 7) is 11.2. The van der Waals surface area contributed by atoms with E-state index < -0.39 is 6.04 Å². The van der Waals surface area contributed by atoms with Gasteiger partial charge in [0.25, 0.3) is 0 Å². The van der Waals surface area contributed by atoms with Crippen LogP contribution >= 0.6 is 0 Å². The number of aryl methyl sites for hydroxylation is 1. The molecule has 0 aromatic heterocycles. The van der Waals surface area contributed by atoms with E-state index in [0.29, 0.717) is 12.8 Å². The van der Waals surface area contributed by atoms with E-state index >= 15 is 0 Å². The number of nitrogens with one attached hydrogen (secondary N) is 1. The number of esters is 1. The lowest BCUT2D eigenvalue weighted by Crippen LogP contribution is -2.33. The van der Waals surface area contributed by atoms with Gasteiger partial charge in [-0.25, -0.2) is 0 Å². The van der Waals surface area contributed by atoms with Crippen molar-refractivity contribution in [3.8, 4) is 0 Å². The first-order chi connectivity index (χ1) is 14.3. The molecule has 6 nitrogen and oxygen atoms in total. The van der Waals surface area contributed by atoms with Gasteiger partial charge in [0, 0.05) is 25.9 Å². The number of carbonyl (C=O) groups excluding carboxylic acids is 3. The second-order valence-corrected chi connectivity index (χ2v) is 8.01. The maximum absolute atomic E-state index is 12.5. The van der Waals surface area contributed by atoms with Gasteiger partial charge in [-0.3, -0.25) is 14.4 Å². The summed E-state index contributed by atoms with van der Waals surface area (Å²) in [6, 6.07) is 7.30. The predicted molar refractivity (Wildman–Crippen MR) is 119 cm³/mol. The minimum Gasteiger partial charge on any atom is -0.463 e. The minimum atomic E-state index is -0.447. The molecule has 0 aliphatic rings. The van der Waals surface area contributed by atoms with Crippen LogP contribution in [0.15, 0.2) is 24.3 Å². The second-order valence-electron chi connectivity index (χ2n) is 8.01. The molecular formula is C24H38N2O4. The highest BCUT2D eigenvalue weighted by Crippen LogP contribution is 2.19. The summed E-state index contributed by atoms with van der Waals surface area (Å²) in [4.78, 5) is 38.9. The van der Waals surface area contributed by atoms with Crippen molar-refractivity contribution < 1.29 is 19.1 Å². The third-order valence-electron chi connectivity index (χ3n) is 4.69. The van der Waals surface area contributed by atoms with Crippen molar-refractivity contribution in [1.29, 1.82) is 0 Å². The Labute approximate surface area is 181 Å². The topological polar surface area (TPSA) is 75.7 Å². The van der Waals surface area contributed by atoms with Crippen molar-refractivity contribution in [1.82, 2.24) is 10.2 Å². The molecule has 0 bridgehead atoms. The third kappa shape index (κ3) is 9.90. The van der Waals surface area contributed by atoms with Crippen molar-refractivity contribution in [2.24, 2.45) is 0 Å². The monoisotopic (exact) mass is 418 g/mol. The number of hydrogen-bond donors (Lipinski definition) is 1. The first kappa shape index (κ1) is 25.7. The number of hydrogen-bond acceptors (Lipinski definition) is 4. The lowest BCUT2D eigenvalue weighted by molar-refractivity contribution is -0.148. The molecule has 0 aliphatic heterocycles. The van der Waals surface area contributed by atoms with Crippen LogP contribution in [0.1, 0.15) is 83.4 Å². The van der Waals surface area contributed by atoms with Crippen molar-refractivity contribution in [2.75, 3.05) is 13.1 Å². The van der Waals surface area contributed by atoms with Crippen LogP contribution in [0.5, 0.6) is 0 Å². The first-order valence-electron chi connectivity index (χ1n) is 11.1. The average molecular weight is 419 g/mol. The van der Waals surface area contributed by atoms with Gasteiger partial charge in [-0.05, 0) is 45.6 Å². The molecule has 30 heavy (non-hydrogen) atoms. The van der Waals surface area contributed by atoms with Gasteiger partial charge in [0.2, 0.25) is 11.8 Å². The lowest BCUT2D eigenvalue weighted by atomic mass is 10.0. The smallest absolute Gasteiger partial charge is 0.308 e. The van der Waals surface area contributed by atoms with Crippen LogP contribution < -0.4 is 5.32 Å². The molecule has 0 saturated carbocycles. The van der Waals surface area contributed by atoms with Gasteiger partial charge in [0.05, 0.1) is 18.6 Å². The van der Waals surface area contributed by atoms with E-state index in [4.69, 9.17) is 4.74 Å². The fraction of sp³-hybridized carbons (Fsp3) is 0.625. The van der Waals surface area contributed by atoms with Crippen LogP contribution in [0, 0.1) is 6.92 Å². The summed E-state index contributed by atoms with van der Waals surface area (Å²) < 4.78 is 5.25. The Morgan fingerprint density at radius 3 is 2.13 bits per heavy atom. The summed E-state index contributed by atoms with van der Waals surface area (Å²) in [6.07, 6.45) is 2.83. The molecular weight excluding hydrogens is 380 g/mol. The molecule has 0 spiro atoms. The largest absolute Gasteiger partial charge is 0.463 e. The lowest BCUT2D eigenvalue weighted by Gasteiger charge is -2.22. The Bertz CT molecular complexity index is 664. The van der Waals surface area contributed by atoms with Crippen LogP contribution in [-0.4, -0.2) is 41.9 Å². The molecule has 1 aromatic carbocycles. The first-order valence-corrected chi connectivity index (χ1v) is 11.1. The predicted octanol–water partition coefficient (Wildman–Crippen LogP) is 4.31. The van der Waals surface area contributed by atoms with Crippen molar-refractivity contribution >= 4 is 17.8 Å². The fourth-order valence-corrected chi connectivity index (χ4v) is 3.25. The Balaban J connectivity index is 2.65. The Hall–Kier alpha value is -2.37. The van der Waals surface area contributed by atoms with Gasteiger partial charge < -0.3 is 15.0 Å². The third-order valence-corrected chi connectivity index (χ3v) is 4.69. The molecule has 1 N–H and O–H groups in total. The van der Waals surface area contributed by atoms with Crippen LogP contribution in [0.2, 0.25) is 0 Å². The SMILES string of the molecule is CCCN(CCC)C(=O)CCCC(=O)NC(CC(=O)OC(C)C)c1ccc(C)cc1. The summed E-state index contributed by atoms with van der Waals surface area (Å²) in [5, 5.41) is 2.95. The number of nitrogens with zero attached hydrogens (tertiary/aromatic N) is 1. The Morgan fingerprint density at radius 2 is 1.60 bits per heavy atom. The van der Waals surface area contributed by atoms with Crippen LogP contribution in [0.3, 0.4) is 0 Å². The molecule has 2 amide bonds. The van der Waals surface area contributed by atoms with Gasteiger partial charge in [0.15, 0.2) is 0 Å². The Kier molecular flexibility index (Phi) is 11.8. The summed E-state index contributed by atoms with van der Waals surface area (Å²) >= 11 is 0. The zero-order chi connectivity index (χ0) is 22.5. The van der Waals surface area contributed by atoms with Crippen LogP contribution in [-0.2, 0) is 19.1 Å². The van der Waals surface area contributed by atoms with E-state index in [1.54, 1.807) is 13.8 Å². The summed E-state index contributed by atoms with van der Waals surface area (Å²) in [5.41, 5.74) is 1.97. The van der Waals surface area contributed by atoms with E-state index in [2.05, 4.69) is 19.2 Å². The maximum atomic E-state index is 12.5. The van der Waals surface area contributed by atoms with Gasteiger partial charge in [-0.1, -0.05) is 43.7 Å². The van der Waals surface area contributed by atoms with Gasteiger partial charge in [0.1, 0.15) is 0 Å². The van der Waals surface area contributed by atoms with Gasteiger partial charge in [-0.2, -0.15) is 0 Å². The average Bonchev–Trinajstić information content (AvgIpc) is 2.67. The maximum Gasteiger partial charge on any atom is 0.308 e. The standard InChI is InChI=1S/C24H38N2O4/c1-6-15-26(16-7-2)23(28)10-8-9-22(27)25-21(17-24(29)30-18(3)4)20-13-11-19(5)12-14-20/h11-14,18,21H,6-10,15-17H2,1-5H3,(H,25,27). The molecule has 0 aliphatic carbocycles. The van der Waals surface area contributed by atoms with Crippen molar-refractivity contribution in [2.45, 2.75) is 85.3 Å². The molecule has 6 heteroatoms. The van der Waals surface area contributed by atoms with Crippen molar-refractivity contribution in [3.05, 3.63) is 35.4 Å². The minimum absolute atomic E-state index is 0.0761. The molecule has 168 valence electrons. The summed E-state index contributed by atoms with van der Waals surface area (Å²) in [5.74, 6) is -0.411. The molecule has 0 fully saturated rings. The van der Waals surface area contributed by atoms with Gasteiger partial charge in [-0.15, -0.1) is 0 Å². The summed E-state index contributed by atoms with van der Waals surface area (Å²) in [7, 11) is 0. The number of amides is 2. The number of carbonyl (C=O) groups is 3. The quantitative estimate of drug-likeness (QED) is 0.484. The van der Waals surface area contributed by atoms with E-state index in [-0.39, 0.29) is 36.7 Å². The molecule has 1 atom stereocenters. The molecule has 0 radical (unpaired) electrons. The highest BCUT2D eigenvalue weighted by atomic mass is 16.5. The molecule has 0 heterocycles. The van der Waals surface area contributed by atoms with Crippen LogP contribution in [0.4, 0.5) is 0 Å². The molecule has 1 aromatic rings. The van der Waals surface area contributed by atoms with Crippen molar-refractivity contribution in [3.63, 3.8) is 0 Å². The molecule has 1 unspecified atom stereocenters. The molecule has 0 saturated heterocycles. The highest BCUT2D eigenvalue weighted by molar-refractivity contribution is 5.80. The van der Waals surface area contributed by atoms with E-state index in [1.165, 1.54) is 0 Å². The second kappa shape index (κ2) is 13.8. The zero-order valence-electron chi connectivity index (χ0n) is 19.2. The van der Waals surface area contributed by atoms with Crippen LogP contribution in [0.25, 0.3) is 0 Å². The van der Waals surface area contributed by atoms with Gasteiger partial charge >= 0.3 is 5.97 Å². The molecule has 1 rings (SSSR count).